The Bertz CT molecular complexity index is 766. The molecule has 1 atom stereocenters. The van der Waals surface area contributed by atoms with Crippen molar-refractivity contribution in [2.75, 3.05) is 11.4 Å². The molecule has 2 amide bonds. The molecular weight excluding hydrogens is 301 g/mol. The van der Waals surface area contributed by atoms with E-state index >= 15 is 0 Å². The van der Waals surface area contributed by atoms with Gasteiger partial charge in [0.15, 0.2) is 6.10 Å². The van der Waals surface area contributed by atoms with Gasteiger partial charge in [-0.15, -0.1) is 0 Å². The van der Waals surface area contributed by atoms with Gasteiger partial charge in [0.25, 0.3) is 11.8 Å². The molecule has 3 rings (SSSR count). The lowest BCUT2D eigenvalue weighted by Crippen LogP contribution is -2.52. The van der Waals surface area contributed by atoms with Gasteiger partial charge < -0.3 is 9.64 Å². The fraction of sp³-hybridized carbons (Fsp3) is 0.125. The van der Waals surface area contributed by atoms with E-state index in [0.717, 1.165) is 0 Å². The number of carbonyl (C=O) groups is 2. The van der Waals surface area contributed by atoms with E-state index in [1.54, 1.807) is 30.3 Å². The lowest BCUT2D eigenvalue weighted by atomic mass is 10.1. The number of hydrazine groups is 1. The molecule has 0 saturated heterocycles. The maximum Gasteiger partial charge on any atom is 0.276 e. The molecule has 7 heteroatoms. The van der Waals surface area contributed by atoms with Crippen molar-refractivity contribution in [3.8, 4) is 5.75 Å². The van der Waals surface area contributed by atoms with Crippen molar-refractivity contribution in [3.63, 3.8) is 0 Å². The summed E-state index contributed by atoms with van der Waals surface area (Å²) in [6, 6.07) is 12.4. The number of amides is 2. The molecule has 1 heterocycles. The third-order valence-electron chi connectivity index (χ3n) is 3.56. The number of rotatable bonds is 2. The second-order valence-corrected chi connectivity index (χ2v) is 4.98. The Hall–Kier alpha value is -2.93. The van der Waals surface area contributed by atoms with Gasteiger partial charge in [0.2, 0.25) is 0 Å². The van der Waals surface area contributed by atoms with Gasteiger partial charge in [0, 0.05) is 0 Å². The Morgan fingerprint density at radius 2 is 1.87 bits per heavy atom. The molecule has 118 valence electrons. The molecule has 3 N–H and O–H groups in total. The summed E-state index contributed by atoms with van der Waals surface area (Å²) in [4.78, 5) is 25.8. The molecule has 0 unspecified atom stereocenters. The average Bonchev–Trinajstić information content (AvgIpc) is 2.60. The van der Waals surface area contributed by atoms with Gasteiger partial charge in [0.1, 0.15) is 11.6 Å². The minimum absolute atomic E-state index is 0.0623. The average molecular weight is 315 g/mol. The third kappa shape index (κ3) is 2.74. The first-order valence-electron chi connectivity index (χ1n) is 6.94. The van der Waals surface area contributed by atoms with Crippen LogP contribution in [-0.4, -0.2) is 24.5 Å². The van der Waals surface area contributed by atoms with Crippen LogP contribution in [0.2, 0.25) is 0 Å². The van der Waals surface area contributed by atoms with Crippen molar-refractivity contribution in [2.24, 2.45) is 5.84 Å². The maximum atomic E-state index is 13.9. The van der Waals surface area contributed by atoms with Crippen molar-refractivity contribution in [1.82, 2.24) is 5.43 Å². The van der Waals surface area contributed by atoms with Gasteiger partial charge in [-0.1, -0.05) is 24.3 Å². The van der Waals surface area contributed by atoms with E-state index in [1.165, 1.54) is 23.1 Å². The van der Waals surface area contributed by atoms with Crippen LogP contribution >= 0.6 is 0 Å². The quantitative estimate of drug-likeness (QED) is 0.496. The van der Waals surface area contributed by atoms with Gasteiger partial charge in [0.05, 0.1) is 17.8 Å². The lowest BCUT2D eigenvalue weighted by molar-refractivity contribution is -0.127. The minimum Gasteiger partial charge on any atom is -0.476 e. The maximum absolute atomic E-state index is 13.9. The van der Waals surface area contributed by atoms with E-state index in [4.69, 9.17) is 10.6 Å². The SMILES string of the molecule is NNC(=O)[C@H]1CN(C(=O)c2ccccc2F)c2ccccc2O1. The zero-order chi connectivity index (χ0) is 16.4. The van der Waals surface area contributed by atoms with Crippen molar-refractivity contribution >= 4 is 17.5 Å². The molecule has 23 heavy (non-hydrogen) atoms. The van der Waals surface area contributed by atoms with E-state index in [0.29, 0.717) is 11.4 Å². The monoisotopic (exact) mass is 315 g/mol. The fourth-order valence-corrected chi connectivity index (χ4v) is 2.44. The summed E-state index contributed by atoms with van der Waals surface area (Å²) >= 11 is 0. The van der Waals surface area contributed by atoms with Crippen molar-refractivity contribution in [1.29, 1.82) is 0 Å². The number of fused-ring (bicyclic) bond motifs is 1. The Balaban J connectivity index is 2.01. The third-order valence-corrected chi connectivity index (χ3v) is 3.56. The van der Waals surface area contributed by atoms with Crippen LogP contribution in [-0.2, 0) is 4.79 Å². The number of benzene rings is 2. The first-order valence-corrected chi connectivity index (χ1v) is 6.94. The highest BCUT2D eigenvalue weighted by molar-refractivity contribution is 6.08. The number of nitrogens with two attached hydrogens (primary N) is 1. The van der Waals surface area contributed by atoms with E-state index in [9.17, 15) is 14.0 Å². The predicted molar refractivity (Wildman–Crippen MR) is 81.3 cm³/mol. The van der Waals surface area contributed by atoms with E-state index in [-0.39, 0.29) is 12.1 Å². The van der Waals surface area contributed by atoms with Gasteiger partial charge in [-0.05, 0) is 24.3 Å². The molecule has 6 nitrogen and oxygen atoms in total. The molecule has 1 aliphatic heterocycles. The number of hydrogen-bond donors (Lipinski definition) is 2. The molecule has 0 aliphatic carbocycles. The molecule has 0 saturated carbocycles. The van der Waals surface area contributed by atoms with Crippen LogP contribution in [0.5, 0.6) is 5.75 Å². The standard InChI is InChI=1S/C16H14FN3O3/c17-11-6-2-1-5-10(11)16(22)20-9-14(15(21)19-18)23-13-8-4-3-7-12(13)20/h1-8,14H,9,18H2,(H,19,21)/t14-/m1/s1. The number of nitrogens with one attached hydrogen (secondary N) is 1. The summed E-state index contributed by atoms with van der Waals surface area (Å²) in [5, 5.41) is 0. The van der Waals surface area contributed by atoms with E-state index < -0.39 is 23.7 Å². The molecule has 0 radical (unpaired) electrons. The number of nitrogens with zero attached hydrogens (tertiary/aromatic N) is 1. The van der Waals surface area contributed by atoms with E-state index in [1.807, 2.05) is 5.43 Å². The Labute approximate surface area is 131 Å². The lowest BCUT2D eigenvalue weighted by Gasteiger charge is -2.34. The minimum atomic E-state index is -0.967. The number of ether oxygens (including phenoxy) is 1. The number of para-hydroxylation sites is 2. The largest absolute Gasteiger partial charge is 0.476 e. The molecular formula is C16H14FN3O3. The number of hydrogen-bond acceptors (Lipinski definition) is 4. The first kappa shape index (κ1) is 15.0. The van der Waals surface area contributed by atoms with Gasteiger partial charge >= 0.3 is 0 Å². The molecule has 2 aromatic carbocycles. The summed E-state index contributed by atoms with van der Waals surface area (Å²) in [5.41, 5.74) is 2.40. The normalized spacial score (nSPS) is 16.3. The summed E-state index contributed by atoms with van der Waals surface area (Å²) in [6.45, 7) is -0.0623. The zero-order valence-electron chi connectivity index (χ0n) is 12.0. The second kappa shape index (κ2) is 6.05. The first-order chi connectivity index (χ1) is 11.1. The van der Waals surface area contributed by atoms with Crippen molar-refractivity contribution in [2.45, 2.75) is 6.10 Å². The smallest absolute Gasteiger partial charge is 0.276 e. The van der Waals surface area contributed by atoms with Gasteiger partial charge in [-0.2, -0.15) is 0 Å². The number of carbonyl (C=O) groups excluding carboxylic acids is 2. The highest BCUT2D eigenvalue weighted by atomic mass is 19.1. The van der Waals surface area contributed by atoms with Crippen LogP contribution in [0.15, 0.2) is 48.5 Å². The summed E-state index contributed by atoms with van der Waals surface area (Å²) < 4.78 is 19.5. The topological polar surface area (TPSA) is 84.7 Å². The highest BCUT2D eigenvalue weighted by Gasteiger charge is 2.34. The number of halogens is 1. The Morgan fingerprint density at radius 3 is 2.61 bits per heavy atom. The van der Waals surface area contributed by atoms with Crippen LogP contribution in [0.1, 0.15) is 10.4 Å². The van der Waals surface area contributed by atoms with Crippen LogP contribution in [0.4, 0.5) is 10.1 Å². The Morgan fingerprint density at radius 1 is 1.17 bits per heavy atom. The molecule has 0 spiro atoms. The summed E-state index contributed by atoms with van der Waals surface area (Å²) in [5.74, 6) is 3.76. The predicted octanol–water partition coefficient (Wildman–Crippen LogP) is 1.22. The zero-order valence-corrected chi connectivity index (χ0v) is 12.0. The molecule has 1 aliphatic rings. The molecule has 0 aromatic heterocycles. The fourth-order valence-electron chi connectivity index (χ4n) is 2.44. The molecule has 2 aromatic rings. The van der Waals surface area contributed by atoms with Crippen molar-refractivity contribution in [3.05, 3.63) is 59.9 Å². The molecule has 0 fully saturated rings. The van der Waals surface area contributed by atoms with Crippen LogP contribution in [0, 0.1) is 5.82 Å². The molecule has 0 bridgehead atoms. The van der Waals surface area contributed by atoms with Gasteiger partial charge in [-0.25, -0.2) is 10.2 Å². The van der Waals surface area contributed by atoms with E-state index in [2.05, 4.69) is 0 Å². The Kier molecular flexibility index (Phi) is 3.94. The van der Waals surface area contributed by atoms with Gasteiger partial charge in [-0.3, -0.25) is 15.0 Å². The number of anilines is 1. The second-order valence-electron chi connectivity index (χ2n) is 4.98. The summed E-state index contributed by atoms with van der Waals surface area (Å²) in [6.07, 6.45) is -0.967. The van der Waals surface area contributed by atoms with Crippen LogP contribution in [0.3, 0.4) is 0 Å². The van der Waals surface area contributed by atoms with Crippen LogP contribution in [0.25, 0.3) is 0 Å². The highest BCUT2D eigenvalue weighted by Crippen LogP contribution is 2.34. The summed E-state index contributed by atoms with van der Waals surface area (Å²) in [7, 11) is 0. The van der Waals surface area contributed by atoms with Crippen molar-refractivity contribution < 1.29 is 18.7 Å². The van der Waals surface area contributed by atoms with Crippen LogP contribution < -0.4 is 20.9 Å².